The van der Waals surface area contributed by atoms with E-state index in [9.17, 15) is 4.79 Å². The molecule has 82 valence electrons. The van der Waals surface area contributed by atoms with E-state index in [4.69, 9.17) is 15.9 Å². The summed E-state index contributed by atoms with van der Waals surface area (Å²) < 4.78 is 5.25. The SMILES string of the molecule is NCc1ccc(C(=O)c2cccnc2N)o1. The van der Waals surface area contributed by atoms with Gasteiger partial charge in [0.2, 0.25) is 5.78 Å². The monoisotopic (exact) mass is 217 g/mol. The summed E-state index contributed by atoms with van der Waals surface area (Å²) in [7, 11) is 0. The molecule has 0 amide bonds. The Hall–Kier alpha value is -2.14. The Morgan fingerprint density at radius 2 is 2.19 bits per heavy atom. The maximum absolute atomic E-state index is 11.9. The number of carbonyl (C=O) groups excluding carboxylic acids is 1. The summed E-state index contributed by atoms with van der Waals surface area (Å²) in [6, 6.07) is 6.50. The molecule has 0 fully saturated rings. The van der Waals surface area contributed by atoms with Gasteiger partial charge in [-0.1, -0.05) is 0 Å². The topological polar surface area (TPSA) is 95.1 Å². The van der Waals surface area contributed by atoms with E-state index in [1.807, 2.05) is 0 Å². The fraction of sp³-hybridized carbons (Fsp3) is 0.0909. The Morgan fingerprint density at radius 1 is 1.38 bits per heavy atom. The first-order valence-corrected chi connectivity index (χ1v) is 4.76. The summed E-state index contributed by atoms with van der Waals surface area (Å²) in [6.07, 6.45) is 1.53. The van der Waals surface area contributed by atoms with Crippen LogP contribution < -0.4 is 11.5 Å². The molecule has 2 aromatic heterocycles. The van der Waals surface area contributed by atoms with Crippen LogP contribution in [0.2, 0.25) is 0 Å². The summed E-state index contributed by atoms with van der Waals surface area (Å²) in [4.78, 5) is 15.8. The predicted molar refractivity (Wildman–Crippen MR) is 58.7 cm³/mol. The third kappa shape index (κ3) is 1.80. The van der Waals surface area contributed by atoms with Crippen molar-refractivity contribution in [3.8, 4) is 0 Å². The molecule has 0 aliphatic carbocycles. The number of furan rings is 1. The zero-order valence-electron chi connectivity index (χ0n) is 8.51. The molecule has 2 rings (SSSR count). The minimum Gasteiger partial charge on any atom is -0.456 e. The van der Waals surface area contributed by atoms with Crippen LogP contribution >= 0.6 is 0 Å². The lowest BCUT2D eigenvalue weighted by Crippen LogP contribution is -2.05. The van der Waals surface area contributed by atoms with E-state index < -0.39 is 0 Å². The minimum absolute atomic E-state index is 0.193. The first kappa shape index (κ1) is 10.4. The molecule has 4 N–H and O–H groups in total. The highest BCUT2D eigenvalue weighted by atomic mass is 16.3. The van der Waals surface area contributed by atoms with Gasteiger partial charge in [-0.3, -0.25) is 4.79 Å². The van der Waals surface area contributed by atoms with Gasteiger partial charge in [0.25, 0.3) is 0 Å². The molecular weight excluding hydrogens is 206 g/mol. The highest BCUT2D eigenvalue weighted by molar-refractivity contribution is 6.09. The quantitative estimate of drug-likeness (QED) is 0.746. The maximum Gasteiger partial charge on any atom is 0.231 e. The molecule has 0 spiro atoms. The number of anilines is 1. The van der Waals surface area contributed by atoms with Gasteiger partial charge in [-0.05, 0) is 24.3 Å². The summed E-state index contributed by atoms with van der Waals surface area (Å²) >= 11 is 0. The number of nitrogens with two attached hydrogens (primary N) is 2. The number of nitrogen functional groups attached to an aromatic ring is 1. The van der Waals surface area contributed by atoms with Crippen LogP contribution in [0.25, 0.3) is 0 Å². The number of aromatic nitrogens is 1. The molecule has 0 aromatic carbocycles. The van der Waals surface area contributed by atoms with Crippen LogP contribution in [0.4, 0.5) is 5.82 Å². The Balaban J connectivity index is 2.35. The van der Waals surface area contributed by atoms with Gasteiger partial charge in [0.05, 0.1) is 12.1 Å². The zero-order chi connectivity index (χ0) is 11.5. The number of hydrogen-bond donors (Lipinski definition) is 2. The Labute approximate surface area is 92.1 Å². The van der Waals surface area contributed by atoms with E-state index in [1.165, 1.54) is 6.20 Å². The van der Waals surface area contributed by atoms with Crippen molar-refractivity contribution in [3.05, 3.63) is 47.5 Å². The van der Waals surface area contributed by atoms with Crippen LogP contribution in [-0.2, 0) is 6.54 Å². The van der Waals surface area contributed by atoms with Crippen molar-refractivity contribution in [2.45, 2.75) is 6.54 Å². The van der Waals surface area contributed by atoms with E-state index in [1.54, 1.807) is 24.3 Å². The van der Waals surface area contributed by atoms with E-state index in [0.29, 0.717) is 11.3 Å². The van der Waals surface area contributed by atoms with Crippen molar-refractivity contribution in [1.29, 1.82) is 0 Å². The molecule has 0 radical (unpaired) electrons. The Kier molecular flexibility index (Phi) is 2.70. The van der Waals surface area contributed by atoms with E-state index in [0.717, 1.165) is 0 Å². The molecule has 0 atom stereocenters. The van der Waals surface area contributed by atoms with Crippen LogP contribution in [0, 0.1) is 0 Å². The average molecular weight is 217 g/mol. The second kappa shape index (κ2) is 4.16. The van der Waals surface area contributed by atoms with Gasteiger partial charge in [-0.2, -0.15) is 0 Å². The highest BCUT2D eigenvalue weighted by Crippen LogP contribution is 2.16. The largest absolute Gasteiger partial charge is 0.456 e. The van der Waals surface area contributed by atoms with E-state index in [-0.39, 0.29) is 23.9 Å². The molecule has 0 saturated heterocycles. The van der Waals surface area contributed by atoms with Gasteiger partial charge in [0.1, 0.15) is 11.6 Å². The fourth-order valence-corrected chi connectivity index (χ4v) is 1.35. The van der Waals surface area contributed by atoms with Crippen LogP contribution in [-0.4, -0.2) is 10.8 Å². The van der Waals surface area contributed by atoms with E-state index in [2.05, 4.69) is 4.98 Å². The van der Waals surface area contributed by atoms with Crippen molar-refractivity contribution < 1.29 is 9.21 Å². The lowest BCUT2D eigenvalue weighted by Gasteiger charge is -2.00. The summed E-state index contributed by atoms with van der Waals surface area (Å²) in [5, 5.41) is 0. The zero-order valence-corrected chi connectivity index (χ0v) is 8.51. The number of rotatable bonds is 3. The molecule has 0 unspecified atom stereocenters. The van der Waals surface area contributed by atoms with Crippen molar-refractivity contribution in [3.63, 3.8) is 0 Å². The molecule has 0 saturated carbocycles. The highest BCUT2D eigenvalue weighted by Gasteiger charge is 2.16. The lowest BCUT2D eigenvalue weighted by atomic mass is 10.1. The molecule has 16 heavy (non-hydrogen) atoms. The lowest BCUT2D eigenvalue weighted by molar-refractivity contribution is 0.101. The third-order valence-corrected chi connectivity index (χ3v) is 2.17. The van der Waals surface area contributed by atoms with Gasteiger partial charge in [-0.15, -0.1) is 0 Å². The third-order valence-electron chi connectivity index (χ3n) is 2.17. The molecule has 2 heterocycles. The van der Waals surface area contributed by atoms with Crippen molar-refractivity contribution in [2.75, 3.05) is 5.73 Å². The van der Waals surface area contributed by atoms with Gasteiger partial charge in [0, 0.05) is 6.20 Å². The molecule has 5 nitrogen and oxygen atoms in total. The average Bonchev–Trinajstić information content (AvgIpc) is 2.77. The van der Waals surface area contributed by atoms with Gasteiger partial charge < -0.3 is 15.9 Å². The van der Waals surface area contributed by atoms with Gasteiger partial charge in [-0.25, -0.2) is 4.98 Å². The van der Waals surface area contributed by atoms with Gasteiger partial charge >= 0.3 is 0 Å². The number of nitrogens with zero attached hydrogens (tertiary/aromatic N) is 1. The second-order valence-electron chi connectivity index (χ2n) is 3.24. The number of carbonyl (C=O) groups is 1. The fourth-order valence-electron chi connectivity index (χ4n) is 1.35. The second-order valence-corrected chi connectivity index (χ2v) is 3.24. The molecule has 0 aliphatic rings. The summed E-state index contributed by atoms with van der Waals surface area (Å²) in [5.74, 6) is 0.689. The van der Waals surface area contributed by atoms with E-state index >= 15 is 0 Å². The smallest absolute Gasteiger partial charge is 0.231 e. The Morgan fingerprint density at radius 3 is 2.81 bits per heavy atom. The van der Waals surface area contributed by atoms with Crippen molar-refractivity contribution in [2.24, 2.45) is 5.73 Å². The summed E-state index contributed by atoms with van der Waals surface area (Å²) in [6.45, 7) is 0.260. The van der Waals surface area contributed by atoms with Crippen molar-refractivity contribution >= 4 is 11.6 Å². The van der Waals surface area contributed by atoms with Crippen LogP contribution in [0.15, 0.2) is 34.9 Å². The first-order chi connectivity index (χ1) is 7.72. The summed E-state index contributed by atoms with van der Waals surface area (Å²) in [5.41, 5.74) is 11.3. The van der Waals surface area contributed by atoms with Crippen molar-refractivity contribution in [1.82, 2.24) is 4.98 Å². The molecule has 2 aromatic rings. The van der Waals surface area contributed by atoms with Crippen LogP contribution in [0.1, 0.15) is 21.9 Å². The molecule has 5 heteroatoms. The number of ketones is 1. The molecule has 0 aliphatic heterocycles. The Bertz CT molecular complexity index is 519. The maximum atomic E-state index is 11.9. The first-order valence-electron chi connectivity index (χ1n) is 4.76. The molecular formula is C11H11N3O2. The number of pyridine rings is 1. The van der Waals surface area contributed by atoms with Crippen LogP contribution in [0.5, 0.6) is 0 Å². The predicted octanol–water partition coefficient (Wildman–Crippen LogP) is 0.946. The minimum atomic E-state index is -0.287. The normalized spacial score (nSPS) is 10.3. The number of hydrogen-bond acceptors (Lipinski definition) is 5. The standard InChI is InChI=1S/C11H11N3O2/c12-6-7-3-4-9(16-7)10(15)8-2-1-5-14-11(8)13/h1-5H,6,12H2,(H2,13,14). The molecule has 0 bridgehead atoms. The van der Waals surface area contributed by atoms with Gasteiger partial charge in [0.15, 0.2) is 5.76 Å². The van der Waals surface area contributed by atoms with Crippen LogP contribution in [0.3, 0.4) is 0 Å².